The summed E-state index contributed by atoms with van der Waals surface area (Å²) in [7, 11) is 0. The molecule has 0 spiro atoms. The number of rotatable bonds is 7. The maximum atomic E-state index is 7.05. The van der Waals surface area contributed by atoms with Crippen LogP contribution in [0, 0.1) is 0 Å². The molecule has 0 fully saturated rings. The summed E-state index contributed by atoms with van der Waals surface area (Å²) in [6, 6.07) is 86.9. The van der Waals surface area contributed by atoms with Crippen LogP contribution in [0.1, 0.15) is 0 Å². The van der Waals surface area contributed by atoms with Crippen molar-refractivity contribution < 1.29 is 8.83 Å². The molecule has 0 aliphatic carbocycles. The van der Waals surface area contributed by atoms with Crippen LogP contribution in [0.2, 0.25) is 0 Å². The first-order valence-corrected chi connectivity index (χ1v) is 23.2. The summed E-state index contributed by atoms with van der Waals surface area (Å²) in [6.45, 7) is 0. The summed E-state index contributed by atoms with van der Waals surface area (Å²) in [5, 5.41) is 9.23. The predicted molar refractivity (Wildman–Crippen MR) is 284 cm³/mol. The molecule has 0 saturated carbocycles. The van der Waals surface area contributed by atoms with Gasteiger partial charge in [0.1, 0.15) is 22.3 Å². The van der Waals surface area contributed by atoms with Crippen LogP contribution in [-0.2, 0) is 0 Å². The fourth-order valence-electron chi connectivity index (χ4n) is 10.8. The number of para-hydroxylation sites is 6. The maximum Gasteiger partial charge on any atom is 0.145 e. The Balaban J connectivity index is 1.05. The highest BCUT2D eigenvalue weighted by Crippen LogP contribution is 2.50. The Hall–Kier alpha value is -9.12. The van der Waals surface area contributed by atoms with E-state index < -0.39 is 0 Å². The minimum Gasteiger partial charge on any atom is -0.455 e. The Bertz CT molecular complexity index is 4220. The molecule has 0 bridgehead atoms. The predicted octanol–water partition coefficient (Wildman–Crippen LogP) is 18.2. The first-order valence-electron chi connectivity index (χ1n) is 23.2. The summed E-state index contributed by atoms with van der Waals surface area (Å²) in [4.78, 5) is 2.42. The number of anilines is 3. The molecule has 14 aromatic rings. The van der Waals surface area contributed by atoms with Crippen LogP contribution >= 0.6 is 0 Å². The Morgan fingerprint density at radius 3 is 1.63 bits per heavy atom. The van der Waals surface area contributed by atoms with Gasteiger partial charge in [-0.15, -0.1) is 0 Å². The van der Waals surface area contributed by atoms with Gasteiger partial charge in [0, 0.05) is 60.4 Å². The van der Waals surface area contributed by atoms with Gasteiger partial charge in [0.25, 0.3) is 0 Å². The van der Waals surface area contributed by atoms with E-state index in [-0.39, 0.29) is 0 Å². The first kappa shape index (κ1) is 38.2. The van der Waals surface area contributed by atoms with Gasteiger partial charge in [0.05, 0.1) is 22.4 Å². The van der Waals surface area contributed by atoms with Gasteiger partial charge in [-0.1, -0.05) is 176 Å². The van der Waals surface area contributed by atoms with Gasteiger partial charge in [0.15, 0.2) is 0 Å². The minimum absolute atomic E-state index is 0.831. The van der Waals surface area contributed by atoms with E-state index in [4.69, 9.17) is 8.83 Å². The average molecular weight is 869 g/mol. The molecule has 4 nitrogen and oxygen atoms in total. The van der Waals surface area contributed by atoms with Crippen LogP contribution in [0.25, 0.3) is 116 Å². The Kier molecular flexibility index (Phi) is 8.55. The van der Waals surface area contributed by atoms with Crippen LogP contribution in [-0.4, -0.2) is 4.57 Å². The topological polar surface area (TPSA) is 34.5 Å². The van der Waals surface area contributed by atoms with E-state index in [0.717, 1.165) is 105 Å². The zero-order valence-corrected chi connectivity index (χ0v) is 36.8. The Morgan fingerprint density at radius 2 is 0.868 bits per heavy atom. The molecule has 0 aliphatic heterocycles. The fraction of sp³-hybridized carbons (Fsp3) is 0. The molecule has 0 unspecified atom stereocenters. The minimum atomic E-state index is 0.831. The van der Waals surface area contributed by atoms with E-state index in [1.165, 1.54) is 27.1 Å². The molecule has 68 heavy (non-hydrogen) atoms. The Labute approximate surface area is 391 Å². The van der Waals surface area contributed by atoms with Gasteiger partial charge >= 0.3 is 0 Å². The van der Waals surface area contributed by atoms with Crippen molar-refractivity contribution in [2.24, 2.45) is 0 Å². The van der Waals surface area contributed by atoms with Crippen molar-refractivity contribution in [2.45, 2.75) is 0 Å². The summed E-state index contributed by atoms with van der Waals surface area (Å²) in [5.74, 6) is 0. The van der Waals surface area contributed by atoms with Gasteiger partial charge in [-0.05, 0) is 94.2 Å². The average Bonchev–Trinajstić information content (AvgIpc) is 4.09. The van der Waals surface area contributed by atoms with E-state index in [9.17, 15) is 0 Å². The maximum absolute atomic E-state index is 7.05. The lowest BCUT2D eigenvalue weighted by Crippen LogP contribution is -2.12. The van der Waals surface area contributed by atoms with Crippen molar-refractivity contribution in [2.75, 3.05) is 4.90 Å². The van der Waals surface area contributed by atoms with Crippen molar-refractivity contribution in [3.63, 3.8) is 0 Å². The van der Waals surface area contributed by atoms with Gasteiger partial charge < -0.3 is 18.3 Å². The van der Waals surface area contributed by atoms with Crippen molar-refractivity contribution in [1.29, 1.82) is 0 Å². The van der Waals surface area contributed by atoms with Crippen molar-refractivity contribution in [3.05, 3.63) is 243 Å². The van der Waals surface area contributed by atoms with Gasteiger partial charge in [-0.2, -0.15) is 0 Å². The molecular weight excluding hydrogens is 829 g/mol. The third-order valence-corrected chi connectivity index (χ3v) is 13.8. The number of hydrogen-bond acceptors (Lipinski definition) is 3. The van der Waals surface area contributed by atoms with Gasteiger partial charge in [-0.3, -0.25) is 0 Å². The molecule has 3 heterocycles. The lowest BCUT2D eigenvalue weighted by Gasteiger charge is -2.30. The summed E-state index contributed by atoms with van der Waals surface area (Å²) in [5.41, 5.74) is 16.3. The number of aromatic nitrogens is 1. The van der Waals surface area contributed by atoms with Crippen molar-refractivity contribution in [1.82, 2.24) is 4.57 Å². The van der Waals surface area contributed by atoms with Crippen molar-refractivity contribution in [3.8, 4) is 39.1 Å². The molecule has 4 heteroatoms. The first-order chi connectivity index (χ1) is 33.7. The van der Waals surface area contributed by atoms with Crippen LogP contribution in [0.15, 0.2) is 251 Å². The van der Waals surface area contributed by atoms with E-state index >= 15 is 0 Å². The second-order valence-electron chi connectivity index (χ2n) is 17.6. The summed E-state index contributed by atoms with van der Waals surface area (Å²) < 4.78 is 16.2. The van der Waals surface area contributed by atoms with E-state index in [1.54, 1.807) is 0 Å². The van der Waals surface area contributed by atoms with Crippen LogP contribution < -0.4 is 4.90 Å². The van der Waals surface area contributed by atoms with Crippen LogP contribution in [0.5, 0.6) is 0 Å². The second-order valence-corrected chi connectivity index (χ2v) is 17.6. The van der Waals surface area contributed by atoms with Crippen LogP contribution in [0.3, 0.4) is 0 Å². The molecule has 318 valence electrons. The van der Waals surface area contributed by atoms with Gasteiger partial charge in [-0.25, -0.2) is 0 Å². The molecule has 3 aromatic heterocycles. The zero-order valence-electron chi connectivity index (χ0n) is 36.8. The molecular formula is C64H40N2O2. The normalized spacial score (nSPS) is 11.8. The lowest BCUT2D eigenvalue weighted by molar-refractivity contribution is 0.669. The zero-order chi connectivity index (χ0) is 44.7. The number of fused-ring (bicyclic) bond motifs is 10. The summed E-state index contributed by atoms with van der Waals surface area (Å²) in [6.07, 6.45) is 0. The highest BCUT2D eigenvalue weighted by atomic mass is 16.3. The van der Waals surface area contributed by atoms with E-state index in [1.807, 2.05) is 12.1 Å². The highest BCUT2D eigenvalue weighted by molar-refractivity contribution is 6.15. The Morgan fingerprint density at radius 1 is 0.324 bits per heavy atom. The molecule has 11 aromatic carbocycles. The quantitative estimate of drug-likeness (QED) is 0.160. The molecule has 0 N–H and O–H groups in total. The van der Waals surface area contributed by atoms with E-state index in [0.29, 0.717) is 0 Å². The highest BCUT2D eigenvalue weighted by Gasteiger charge is 2.26. The largest absolute Gasteiger partial charge is 0.455 e. The second kappa shape index (κ2) is 15.2. The van der Waals surface area contributed by atoms with E-state index in [2.05, 4.69) is 240 Å². The smallest absolute Gasteiger partial charge is 0.145 e. The third kappa shape index (κ3) is 5.87. The monoisotopic (exact) mass is 868 g/mol. The fourth-order valence-corrected chi connectivity index (χ4v) is 10.8. The SMILES string of the molecule is c1cc(-c2c(N(c3ccc(-c4cccc5ccccc45)cc3)c3ccccc3-c3cccc4c3oc3ccccc34)ccc3c2oc2ccccc23)cc(-n2c3ccccc3c3ccccc32)c1. The van der Waals surface area contributed by atoms with Crippen molar-refractivity contribution >= 4 is 93.5 Å². The summed E-state index contributed by atoms with van der Waals surface area (Å²) >= 11 is 0. The molecule has 0 atom stereocenters. The number of furan rings is 2. The lowest BCUT2D eigenvalue weighted by atomic mass is 9.95. The molecule has 14 rings (SSSR count). The molecule has 0 amide bonds. The molecule has 0 saturated heterocycles. The number of nitrogens with zero attached hydrogens (tertiary/aromatic N) is 2. The third-order valence-electron chi connectivity index (χ3n) is 13.8. The number of hydrogen-bond donors (Lipinski definition) is 0. The van der Waals surface area contributed by atoms with Gasteiger partial charge in [0.2, 0.25) is 0 Å². The van der Waals surface area contributed by atoms with Crippen LogP contribution in [0.4, 0.5) is 17.1 Å². The molecule has 0 aliphatic rings. The standard InChI is InChI=1S/C64H40N2O2/c1-2-20-46-41(16-1)17-14-26-47(46)42-34-36-44(37-35-42)65(58-31-10-5-23-50(58)53-27-15-28-54-51-24-6-11-32-60(51)67-63(53)54)59-39-38-55-52-25-7-12-33-61(52)68-64(55)62(59)43-18-13-19-45(40-43)66-56-29-8-3-21-48(56)49-22-4-9-30-57(49)66/h1-40H. The number of benzene rings is 11. The molecule has 0 radical (unpaired) electrons.